The molecule has 0 unspecified atom stereocenters. The molecule has 1 N–H and O–H groups in total. The molecule has 1 heterocycles. The highest BCUT2D eigenvalue weighted by molar-refractivity contribution is 5.89. The van der Waals surface area contributed by atoms with Gasteiger partial charge in [0, 0.05) is 25.2 Å². The van der Waals surface area contributed by atoms with Gasteiger partial charge in [-0.3, -0.25) is 14.2 Å². The molecule has 0 fully saturated rings. The van der Waals surface area contributed by atoms with Crippen LogP contribution in [-0.2, 0) is 20.7 Å². The molecule has 0 bridgehead atoms. The van der Waals surface area contributed by atoms with Crippen molar-refractivity contribution in [3.05, 3.63) is 18.2 Å². The number of ether oxygens (including phenoxy) is 1. The second kappa shape index (κ2) is 8.78. The molecular weight excluding hydrogens is 419 g/mol. The van der Waals surface area contributed by atoms with Crippen LogP contribution in [0.3, 0.4) is 0 Å². The summed E-state index contributed by atoms with van der Waals surface area (Å²) in [7, 11) is 0. The second-order valence-corrected chi connectivity index (χ2v) is 5.82. The van der Waals surface area contributed by atoms with Crippen LogP contribution in [-0.4, -0.2) is 58.0 Å². The maximum Gasteiger partial charge on any atom is 0.460 e. The van der Waals surface area contributed by atoms with Crippen LogP contribution in [0.25, 0.3) is 0 Å². The van der Waals surface area contributed by atoms with Crippen LogP contribution in [0.15, 0.2) is 12.5 Å². The molecule has 0 spiro atoms. The lowest BCUT2D eigenvalue weighted by atomic mass is 10.1. The summed E-state index contributed by atoms with van der Waals surface area (Å²) in [5.74, 6) is -17.9. The zero-order valence-electron chi connectivity index (χ0n) is 15.0. The lowest BCUT2D eigenvalue weighted by molar-refractivity contribution is -0.344. The van der Waals surface area contributed by atoms with Crippen molar-refractivity contribution in [2.45, 2.75) is 50.8 Å². The van der Waals surface area contributed by atoms with E-state index in [1.165, 1.54) is 0 Å². The molecule has 0 saturated heterocycles. The third-order valence-corrected chi connectivity index (χ3v) is 3.54. The maximum absolute atomic E-state index is 13.5. The largest absolute Gasteiger partial charge is 0.464 e. The highest BCUT2D eigenvalue weighted by atomic mass is 19.4. The number of hydrogen-bond acceptors (Lipinski definition) is 5. The molecule has 0 aliphatic rings. The summed E-state index contributed by atoms with van der Waals surface area (Å²) >= 11 is 0. The molecule has 29 heavy (non-hydrogen) atoms. The van der Waals surface area contributed by atoms with Gasteiger partial charge in [0.1, 0.15) is 12.4 Å². The molecule has 0 aromatic carbocycles. The Labute approximate surface area is 159 Å². The first-order valence-corrected chi connectivity index (χ1v) is 7.98. The lowest BCUT2D eigenvalue weighted by Gasteiger charge is -2.28. The Morgan fingerprint density at radius 3 is 2.24 bits per heavy atom. The van der Waals surface area contributed by atoms with E-state index in [1.54, 1.807) is 6.92 Å². The Hall–Kier alpha value is -2.67. The summed E-state index contributed by atoms with van der Waals surface area (Å²) in [6.07, 6.45) is -5.20. The molecule has 0 saturated carbocycles. The van der Waals surface area contributed by atoms with Gasteiger partial charge >= 0.3 is 24.0 Å². The standard InChI is InChI=1S/C15H16F7N3O4/c1-3-4-29-11(27)10(5-9-6-23-7-25(9)8(2)26)24-12(28)13(16,17)14(18,19)15(20,21)22/h6-7,10H,3-5H2,1-2H3,(H,24,28)/t10-/m0/s1. The fraction of sp³-hybridized carbons (Fsp3) is 0.600. The minimum atomic E-state index is -6.72. The van der Waals surface area contributed by atoms with Gasteiger partial charge in [-0.25, -0.2) is 9.78 Å². The van der Waals surface area contributed by atoms with Gasteiger partial charge in [-0.05, 0) is 6.42 Å². The van der Waals surface area contributed by atoms with Gasteiger partial charge in [-0.2, -0.15) is 30.7 Å². The number of aromatic nitrogens is 2. The van der Waals surface area contributed by atoms with Gasteiger partial charge in [0.2, 0.25) is 5.91 Å². The third kappa shape index (κ3) is 5.23. The van der Waals surface area contributed by atoms with Crippen LogP contribution < -0.4 is 5.32 Å². The number of halogens is 7. The van der Waals surface area contributed by atoms with Crippen LogP contribution in [0.2, 0.25) is 0 Å². The summed E-state index contributed by atoms with van der Waals surface area (Å²) in [5, 5.41) is 1.15. The topological polar surface area (TPSA) is 90.3 Å². The molecule has 1 rings (SSSR count). The summed E-state index contributed by atoms with van der Waals surface area (Å²) in [4.78, 5) is 38.6. The Balaban J connectivity index is 3.17. The van der Waals surface area contributed by atoms with Crippen molar-refractivity contribution in [2.75, 3.05) is 6.61 Å². The summed E-state index contributed by atoms with van der Waals surface area (Å²) in [5.41, 5.74) is -0.109. The second-order valence-electron chi connectivity index (χ2n) is 5.82. The highest BCUT2D eigenvalue weighted by Crippen LogP contribution is 2.46. The average molecular weight is 435 g/mol. The summed E-state index contributed by atoms with van der Waals surface area (Å²) < 4.78 is 95.4. The molecule has 14 heteroatoms. The fourth-order valence-corrected chi connectivity index (χ4v) is 2.03. The van der Waals surface area contributed by atoms with E-state index in [9.17, 15) is 45.1 Å². The Kier molecular flexibility index (Phi) is 7.38. The molecule has 0 aliphatic carbocycles. The van der Waals surface area contributed by atoms with Gasteiger partial charge in [-0.1, -0.05) is 6.92 Å². The number of nitrogens with one attached hydrogen (secondary N) is 1. The fourth-order valence-electron chi connectivity index (χ4n) is 2.03. The monoisotopic (exact) mass is 435 g/mol. The molecule has 7 nitrogen and oxygen atoms in total. The quantitative estimate of drug-likeness (QED) is 0.500. The van der Waals surface area contributed by atoms with Crippen LogP contribution >= 0.6 is 0 Å². The smallest absolute Gasteiger partial charge is 0.460 e. The minimum absolute atomic E-state index is 0.109. The zero-order valence-corrected chi connectivity index (χ0v) is 15.0. The number of imidazole rings is 1. The van der Waals surface area contributed by atoms with Gasteiger partial charge in [0.25, 0.3) is 5.91 Å². The van der Waals surface area contributed by atoms with Gasteiger partial charge in [-0.15, -0.1) is 0 Å². The normalized spacial score (nSPS) is 13.7. The lowest BCUT2D eigenvalue weighted by Crippen LogP contribution is -2.61. The number of rotatable bonds is 8. The number of amides is 1. The summed E-state index contributed by atoms with van der Waals surface area (Å²) in [6, 6.07) is -2.08. The van der Waals surface area contributed by atoms with E-state index in [0.717, 1.165) is 29.3 Å². The molecule has 1 amide bonds. The zero-order chi connectivity index (χ0) is 22.6. The van der Waals surface area contributed by atoms with E-state index in [-0.39, 0.29) is 18.7 Å². The molecular formula is C15H16F7N3O4. The molecule has 0 radical (unpaired) electrons. The predicted octanol–water partition coefficient (Wildman–Crippen LogP) is 2.36. The average Bonchev–Trinajstić information content (AvgIpc) is 3.06. The Bertz CT molecular complexity index is 761. The van der Waals surface area contributed by atoms with Crippen molar-refractivity contribution in [1.29, 1.82) is 0 Å². The maximum atomic E-state index is 13.5. The first-order chi connectivity index (χ1) is 13.2. The molecule has 1 aromatic heterocycles. The number of esters is 1. The molecule has 164 valence electrons. The van der Waals surface area contributed by atoms with E-state index < -0.39 is 48.3 Å². The van der Waals surface area contributed by atoms with E-state index >= 15 is 0 Å². The first-order valence-electron chi connectivity index (χ1n) is 7.98. The molecule has 1 aromatic rings. The first kappa shape index (κ1) is 24.4. The number of carbonyl (C=O) groups excluding carboxylic acids is 3. The minimum Gasteiger partial charge on any atom is -0.464 e. The predicted molar refractivity (Wildman–Crippen MR) is 81.4 cm³/mol. The molecule has 1 atom stereocenters. The van der Waals surface area contributed by atoms with Crippen LogP contribution in [0, 0.1) is 0 Å². The van der Waals surface area contributed by atoms with Gasteiger partial charge < -0.3 is 10.1 Å². The molecule has 0 aliphatic heterocycles. The van der Waals surface area contributed by atoms with Crippen LogP contribution in [0.5, 0.6) is 0 Å². The number of alkyl halides is 7. The van der Waals surface area contributed by atoms with Crippen LogP contribution in [0.4, 0.5) is 30.7 Å². The Morgan fingerprint density at radius 2 is 1.76 bits per heavy atom. The number of hydrogen-bond donors (Lipinski definition) is 1. The SMILES string of the molecule is CCCOC(=O)[C@H](Cc1cncn1C(C)=O)NC(=O)C(F)(F)C(F)(F)C(F)(F)F. The van der Waals surface area contributed by atoms with E-state index in [0.29, 0.717) is 0 Å². The van der Waals surface area contributed by atoms with Crippen molar-refractivity contribution in [3.63, 3.8) is 0 Å². The van der Waals surface area contributed by atoms with E-state index in [4.69, 9.17) is 0 Å². The van der Waals surface area contributed by atoms with Crippen LogP contribution in [0.1, 0.15) is 30.8 Å². The third-order valence-electron chi connectivity index (χ3n) is 3.54. The van der Waals surface area contributed by atoms with E-state index in [2.05, 4.69) is 9.72 Å². The van der Waals surface area contributed by atoms with Crippen molar-refractivity contribution in [2.24, 2.45) is 0 Å². The highest BCUT2D eigenvalue weighted by Gasteiger charge is 2.76. The number of nitrogens with zero attached hydrogens (tertiary/aromatic N) is 2. The van der Waals surface area contributed by atoms with E-state index in [1.807, 2.05) is 0 Å². The van der Waals surface area contributed by atoms with Crippen molar-refractivity contribution >= 4 is 17.8 Å². The van der Waals surface area contributed by atoms with Crippen molar-refractivity contribution < 1.29 is 49.9 Å². The Morgan fingerprint density at radius 1 is 1.17 bits per heavy atom. The van der Waals surface area contributed by atoms with Gasteiger partial charge in [0.15, 0.2) is 0 Å². The van der Waals surface area contributed by atoms with Crippen molar-refractivity contribution in [3.8, 4) is 0 Å². The number of carbonyl (C=O) groups is 3. The summed E-state index contributed by atoms with van der Waals surface area (Å²) in [6.45, 7) is 2.39. The van der Waals surface area contributed by atoms with Gasteiger partial charge in [0.05, 0.1) is 6.61 Å². The van der Waals surface area contributed by atoms with Crippen molar-refractivity contribution in [1.82, 2.24) is 14.9 Å².